The summed E-state index contributed by atoms with van der Waals surface area (Å²) in [7, 11) is 0. The van der Waals surface area contributed by atoms with Gasteiger partial charge in [0.15, 0.2) is 21.8 Å². The fraction of sp³-hybridized carbons (Fsp3) is 0.167. The predicted molar refractivity (Wildman–Crippen MR) is 133 cm³/mol. The first kappa shape index (κ1) is 23.3. The highest BCUT2D eigenvalue weighted by molar-refractivity contribution is 7.18. The molecule has 2 heterocycles. The molecule has 0 atom stereocenters. The summed E-state index contributed by atoms with van der Waals surface area (Å²) in [6.07, 6.45) is 0. The van der Waals surface area contributed by atoms with E-state index >= 15 is 0 Å². The lowest BCUT2D eigenvalue weighted by Gasteiger charge is -2.00. The summed E-state index contributed by atoms with van der Waals surface area (Å²) < 4.78 is 0. The number of nitrogens with zero attached hydrogens (tertiary/aromatic N) is 2. The lowest BCUT2D eigenvalue weighted by molar-refractivity contribution is 0.101. The second-order valence-corrected chi connectivity index (χ2v) is 8.96. The van der Waals surface area contributed by atoms with E-state index in [2.05, 4.69) is 20.6 Å². The molecule has 0 aliphatic carbocycles. The number of ketones is 2. The molecule has 164 valence electrons. The monoisotopic (exact) mass is 464 g/mol. The highest BCUT2D eigenvalue weighted by atomic mass is 32.1. The van der Waals surface area contributed by atoms with Gasteiger partial charge in [-0.1, -0.05) is 59.1 Å². The molecule has 2 N–H and O–H groups in total. The second-order valence-electron chi connectivity index (χ2n) is 6.96. The summed E-state index contributed by atoms with van der Waals surface area (Å²) in [5, 5.41) is 7.87. The van der Waals surface area contributed by atoms with Crippen molar-refractivity contribution in [2.24, 2.45) is 0 Å². The van der Waals surface area contributed by atoms with E-state index in [-0.39, 0.29) is 11.6 Å². The molecule has 2 aromatic carbocycles. The van der Waals surface area contributed by atoms with E-state index in [1.807, 2.05) is 74.5 Å². The minimum Gasteiger partial charge on any atom is -0.332 e. The van der Waals surface area contributed by atoms with E-state index in [1.165, 1.54) is 22.7 Å². The summed E-state index contributed by atoms with van der Waals surface area (Å²) in [5.74, 6) is 0.132. The molecule has 4 aromatic rings. The third-order valence-corrected chi connectivity index (χ3v) is 6.63. The molecule has 8 heteroatoms. The number of aromatic nitrogens is 2. The third-order valence-electron chi connectivity index (χ3n) is 4.28. The average molecular weight is 465 g/mol. The van der Waals surface area contributed by atoms with E-state index in [9.17, 15) is 9.59 Å². The standard InChI is InChI=1S/2C12H12N2OS/c2*1-8-11(9(2)15)16-12(13-8)14-10-6-4-3-5-7-10/h2*3-7H,1-2H3,(H,13,14). The van der Waals surface area contributed by atoms with Crippen molar-refractivity contribution < 1.29 is 9.59 Å². The maximum absolute atomic E-state index is 11.3. The summed E-state index contributed by atoms with van der Waals surface area (Å²) in [5.41, 5.74) is 3.53. The van der Waals surface area contributed by atoms with Crippen molar-refractivity contribution in [1.29, 1.82) is 0 Å². The molecule has 0 amide bonds. The Morgan fingerprint density at radius 3 is 1.28 bits per heavy atom. The van der Waals surface area contributed by atoms with Crippen LogP contribution in [0.4, 0.5) is 21.6 Å². The van der Waals surface area contributed by atoms with Crippen LogP contribution in [-0.2, 0) is 0 Å². The zero-order chi connectivity index (χ0) is 23.1. The van der Waals surface area contributed by atoms with Gasteiger partial charge in [0.1, 0.15) is 0 Å². The predicted octanol–water partition coefficient (Wildman–Crippen LogP) is 6.80. The maximum atomic E-state index is 11.3. The molecule has 0 bridgehead atoms. The molecule has 0 radical (unpaired) electrons. The lowest BCUT2D eigenvalue weighted by Crippen LogP contribution is -1.89. The molecule has 0 saturated heterocycles. The molecule has 0 saturated carbocycles. The van der Waals surface area contributed by atoms with Crippen LogP contribution in [-0.4, -0.2) is 21.5 Å². The van der Waals surface area contributed by atoms with E-state index in [0.29, 0.717) is 0 Å². The number of aryl methyl sites for hydroxylation is 2. The fourth-order valence-corrected chi connectivity index (χ4v) is 4.61. The van der Waals surface area contributed by atoms with Gasteiger partial charge in [0.2, 0.25) is 0 Å². The SMILES string of the molecule is CC(=O)c1sc(Nc2ccccc2)nc1C.CC(=O)c1sc(Nc2ccccc2)nc1C. The first-order valence-corrected chi connectivity index (χ1v) is 11.6. The van der Waals surface area contributed by atoms with Gasteiger partial charge in [0.25, 0.3) is 0 Å². The number of anilines is 4. The third kappa shape index (κ3) is 6.32. The minimum atomic E-state index is 0.0658. The number of nitrogens with one attached hydrogen (secondary N) is 2. The van der Waals surface area contributed by atoms with Crippen molar-refractivity contribution in [2.75, 3.05) is 10.6 Å². The van der Waals surface area contributed by atoms with Gasteiger partial charge in [-0.25, -0.2) is 9.97 Å². The summed E-state index contributed by atoms with van der Waals surface area (Å²) in [4.78, 5) is 32.6. The molecule has 0 spiro atoms. The van der Waals surface area contributed by atoms with Gasteiger partial charge < -0.3 is 10.6 Å². The van der Waals surface area contributed by atoms with Crippen LogP contribution >= 0.6 is 22.7 Å². The summed E-state index contributed by atoms with van der Waals surface area (Å²) in [6.45, 7) is 6.83. The Morgan fingerprint density at radius 1 is 0.656 bits per heavy atom. The van der Waals surface area contributed by atoms with Crippen LogP contribution in [0.3, 0.4) is 0 Å². The number of hydrogen-bond donors (Lipinski definition) is 2. The lowest BCUT2D eigenvalue weighted by atomic mass is 10.3. The van der Waals surface area contributed by atoms with Crippen LogP contribution in [0.1, 0.15) is 44.6 Å². The Hall–Kier alpha value is -3.36. The molecule has 4 rings (SSSR count). The minimum absolute atomic E-state index is 0.0658. The number of carbonyl (C=O) groups excluding carboxylic acids is 2. The molecule has 2 aromatic heterocycles. The summed E-state index contributed by atoms with van der Waals surface area (Å²) in [6, 6.07) is 19.6. The van der Waals surface area contributed by atoms with Gasteiger partial charge in [-0.05, 0) is 38.1 Å². The van der Waals surface area contributed by atoms with Gasteiger partial charge >= 0.3 is 0 Å². The highest BCUT2D eigenvalue weighted by Gasteiger charge is 2.12. The van der Waals surface area contributed by atoms with Crippen LogP contribution in [0.15, 0.2) is 60.7 Å². The number of Topliss-reactive ketones (excluding diaryl/α,β-unsaturated/α-hetero) is 2. The molecule has 32 heavy (non-hydrogen) atoms. The number of benzene rings is 2. The van der Waals surface area contributed by atoms with Crippen LogP contribution in [0.5, 0.6) is 0 Å². The Kier molecular flexibility index (Phi) is 7.86. The number of para-hydroxylation sites is 2. The van der Waals surface area contributed by atoms with E-state index in [4.69, 9.17) is 0 Å². The van der Waals surface area contributed by atoms with Gasteiger partial charge in [-0.2, -0.15) is 0 Å². The Labute approximate surface area is 195 Å². The van der Waals surface area contributed by atoms with Gasteiger partial charge in [-0.15, -0.1) is 0 Å². The normalized spacial score (nSPS) is 10.1. The molecular formula is C24H24N4O2S2. The largest absolute Gasteiger partial charge is 0.332 e. The number of carbonyl (C=O) groups is 2. The van der Waals surface area contributed by atoms with Gasteiger partial charge in [0.05, 0.1) is 21.1 Å². The fourth-order valence-electron chi connectivity index (χ4n) is 2.84. The molecule has 0 aliphatic heterocycles. The van der Waals surface area contributed by atoms with Crippen molar-refractivity contribution in [2.45, 2.75) is 27.7 Å². The van der Waals surface area contributed by atoms with Crippen molar-refractivity contribution >= 4 is 55.9 Å². The molecule has 0 aliphatic rings. The van der Waals surface area contributed by atoms with Crippen LogP contribution < -0.4 is 10.6 Å². The van der Waals surface area contributed by atoms with Crippen molar-refractivity contribution in [1.82, 2.24) is 9.97 Å². The van der Waals surface area contributed by atoms with E-state index < -0.39 is 0 Å². The number of rotatable bonds is 6. The van der Waals surface area contributed by atoms with Crippen LogP contribution in [0, 0.1) is 13.8 Å². The van der Waals surface area contributed by atoms with Crippen LogP contribution in [0.2, 0.25) is 0 Å². The smallest absolute Gasteiger partial charge is 0.188 e. The topological polar surface area (TPSA) is 84.0 Å². The molecule has 0 unspecified atom stereocenters. The Bertz CT molecular complexity index is 1110. The van der Waals surface area contributed by atoms with Crippen molar-refractivity contribution in [3.05, 3.63) is 81.8 Å². The van der Waals surface area contributed by atoms with Crippen LogP contribution in [0.25, 0.3) is 0 Å². The van der Waals surface area contributed by atoms with E-state index in [1.54, 1.807) is 13.8 Å². The first-order chi connectivity index (χ1) is 15.3. The van der Waals surface area contributed by atoms with Crippen molar-refractivity contribution in [3.8, 4) is 0 Å². The maximum Gasteiger partial charge on any atom is 0.188 e. The zero-order valence-corrected chi connectivity index (χ0v) is 19.9. The zero-order valence-electron chi connectivity index (χ0n) is 18.3. The Morgan fingerprint density at radius 2 is 1.00 bits per heavy atom. The quantitative estimate of drug-likeness (QED) is 0.305. The molecular weight excluding hydrogens is 440 g/mol. The van der Waals surface area contributed by atoms with E-state index in [0.717, 1.165) is 42.8 Å². The molecule has 6 nitrogen and oxygen atoms in total. The highest BCUT2D eigenvalue weighted by Crippen LogP contribution is 2.26. The van der Waals surface area contributed by atoms with Gasteiger partial charge in [-0.3, -0.25) is 9.59 Å². The van der Waals surface area contributed by atoms with Gasteiger partial charge in [0, 0.05) is 25.2 Å². The Balaban J connectivity index is 0.000000181. The summed E-state index contributed by atoms with van der Waals surface area (Å²) >= 11 is 2.78. The number of hydrogen-bond acceptors (Lipinski definition) is 8. The average Bonchev–Trinajstić information content (AvgIpc) is 3.32. The molecule has 0 fully saturated rings. The second kappa shape index (κ2) is 10.8. The number of thiazole rings is 2. The first-order valence-electron chi connectivity index (χ1n) is 9.94. The van der Waals surface area contributed by atoms with Crippen molar-refractivity contribution in [3.63, 3.8) is 0 Å².